The van der Waals surface area contributed by atoms with E-state index in [4.69, 9.17) is 0 Å². The van der Waals surface area contributed by atoms with Crippen molar-refractivity contribution in [1.29, 1.82) is 0 Å². The highest BCUT2D eigenvalue weighted by molar-refractivity contribution is 5.19. The van der Waals surface area contributed by atoms with Crippen LogP contribution in [0.15, 0.2) is 6.20 Å². The van der Waals surface area contributed by atoms with Crippen LogP contribution in [0, 0.1) is 0 Å². The lowest BCUT2D eigenvalue weighted by Crippen LogP contribution is -2.13. The van der Waals surface area contributed by atoms with Crippen LogP contribution in [0.25, 0.3) is 0 Å². The Morgan fingerprint density at radius 3 is 3.00 bits per heavy atom. The molecule has 1 aromatic rings. The molecule has 0 saturated heterocycles. The van der Waals surface area contributed by atoms with Crippen molar-refractivity contribution in [3.05, 3.63) is 23.3 Å². The Morgan fingerprint density at radius 2 is 2.13 bits per heavy atom. The van der Waals surface area contributed by atoms with Gasteiger partial charge in [0.1, 0.15) is 5.82 Å². The molecule has 1 aliphatic carbocycles. The van der Waals surface area contributed by atoms with Gasteiger partial charge < -0.3 is 5.32 Å². The smallest absolute Gasteiger partial charge is 0.129 e. The lowest BCUT2D eigenvalue weighted by molar-refractivity contribution is 0.706. The van der Waals surface area contributed by atoms with Crippen LogP contribution in [0.4, 0.5) is 0 Å². The second-order valence-corrected chi connectivity index (χ2v) is 4.17. The predicted molar refractivity (Wildman–Crippen MR) is 60.9 cm³/mol. The van der Waals surface area contributed by atoms with E-state index < -0.39 is 0 Å². The highest BCUT2D eigenvalue weighted by Crippen LogP contribution is 2.17. The van der Waals surface area contributed by atoms with Crippen LogP contribution in [-0.2, 0) is 19.3 Å². The average molecular weight is 205 g/mol. The first-order valence-corrected chi connectivity index (χ1v) is 5.88. The van der Waals surface area contributed by atoms with Gasteiger partial charge in [0.2, 0.25) is 0 Å². The molecule has 1 aromatic heterocycles. The van der Waals surface area contributed by atoms with E-state index in [1.807, 2.05) is 13.2 Å². The van der Waals surface area contributed by atoms with Crippen LogP contribution in [0.5, 0.6) is 0 Å². The normalized spacial score (nSPS) is 15.8. The first-order chi connectivity index (χ1) is 7.40. The van der Waals surface area contributed by atoms with Crippen molar-refractivity contribution in [2.75, 3.05) is 13.6 Å². The number of aromatic nitrogens is 2. The van der Waals surface area contributed by atoms with Crippen LogP contribution in [0.3, 0.4) is 0 Å². The molecule has 0 saturated carbocycles. The Bertz CT molecular complexity index is 323. The lowest BCUT2D eigenvalue weighted by Gasteiger charge is -2.06. The Balaban J connectivity index is 2.13. The van der Waals surface area contributed by atoms with Gasteiger partial charge in [0.15, 0.2) is 0 Å². The summed E-state index contributed by atoms with van der Waals surface area (Å²) in [4.78, 5) is 9.08. The van der Waals surface area contributed by atoms with E-state index in [9.17, 15) is 0 Å². The van der Waals surface area contributed by atoms with Gasteiger partial charge in [-0.2, -0.15) is 0 Å². The molecular weight excluding hydrogens is 186 g/mol. The average Bonchev–Trinajstić information content (AvgIpc) is 2.50. The summed E-state index contributed by atoms with van der Waals surface area (Å²) in [6.45, 7) is 0.957. The standard InChI is InChI=1S/C12H19N3/c1-13-8-7-12-14-9-10-5-3-2-4-6-11(10)15-12/h9,13H,2-8H2,1H3. The highest BCUT2D eigenvalue weighted by Gasteiger charge is 2.10. The zero-order valence-corrected chi connectivity index (χ0v) is 9.42. The molecule has 0 amide bonds. The molecular formula is C12H19N3. The molecule has 0 unspecified atom stereocenters. The first-order valence-electron chi connectivity index (χ1n) is 5.88. The third kappa shape index (κ3) is 2.75. The second kappa shape index (κ2) is 5.21. The summed E-state index contributed by atoms with van der Waals surface area (Å²) < 4.78 is 0. The fourth-order valence-electron chi connectivity index (χ4n) is 2.05. The molecule has 0 atom stereocenters. The van der Waals surface area contributed by atoms with Crippen LogP contribution >= 0.6 is 0 Å². The van der Waals surface area contributed by atoms with Crippen molar-refractivity contribution in [2.24, 2.45) is 0 Å². The van der Waals surface area contributed by atoms with Gasteiger partial charge >= 0.3 is 0 Å². The lowest BCUT2D eigenvalue weighted by atomic mass is 10.1. The number of likely N-dealkylation sites (N-methyl/N-ethyl adjacent to an activating group) is 1. The maximum absolute atomic E-state index is 4.66. The molecule has 1 aliphatic rings. The number of hydrogen-bond acceptors (Lipinski definition) is 3. The van der Waals surface area contributed by atoms with E-state index in [1.165, 1.54) is 36.9 Å². The van der Waals surface area contributed by atoms with Crippen LogP contribution in [-0.4, -0.2) is 23.6 Å². The minimum Gasteiger partial charge on any atom is -0.319 e. The van der Waals surface area contributed by atoms with Gasteiger partial charge in [0.25, 0.3) is 0 Å². The maximum Gasteiger partial charge on any atom is 0.129 e. The van der Waals surface area contributed by atoms with Crippen molar-refractivity contribution in [1.82, 2.24) is 15.3 Å². The minimum absolute atomic E-state index is 0.934. The van der Waals surface area contributed by atoms with Crippen LogP contribution < -0.4 is 5.32 Å². The SMILES string of the molecule is CNCCc1ncc2c(n1)CCCCC2. The van der Waals surface area contributed by atoms with Crippen molar-refractivity contribution in [3.63, 3.8) is 0 Å². The molecule has 3 nitrogen and oxygen atoms in total. The number of fused-ring (bicyclic) bond motifs is 1. The Kier molecular flexibility index (Phi) is 3.67. The number of aryl methyl sites for hydroxylation is 2. The van der Waals surface area contributed by atoms with Gasteiger partial charge in [-0.05, 0) is 38.3 Å². The third-order valence-electron chi connectivity index (χ3n) is 2.96. The molecule has 1 N–H and O–H groups in total. The van der Waals surface area contributed by atoms with Gasteiger partial charge in [-0.3, -0.25) is 0 Å². The summed E-state index contributed by atoms with van der Waals surface area (Å²) >= 11 is 0. The van der Waals surface area contributed by atoms with Gasteiger partial charge in [-0.15, -0.1) is 0 Å². The summed E-state index contributed by atoms with van der Waals surface area (Å²) in [5.74, 6) is 0.991. The van der Waals surface area contributed by atoms with E-state index in [-0.39, 0.29) is 0 Å². The quantitative estimate of drug-likeness (QED) is 0.760. The number of hydrogen-bond donors (Lipinski definition) is 1. The van der Waals surface area contributed by atoms with Gasteiger partial charge in [0, 0.05) is 24.9 Å². The molecule has 3 heteroatoms. The summed E-state index contributed by atoms with van der Waals surface area (Å²) in [5.41, 5.74) is 2.68. The van der Waals surface area contributed by atoms with E-state index in [0.29, 0.717) is 0 Å². The molecule has 2 rings (SSSR count). The van der Waals surface area contributed by atoms with Gasteiger partial charge in [-0.1, -0.05) is 6.42 Å². The summed E-state index contributed by atoms with van der Waals surface area (Å²) in [6.07, 6.45) is 9.21. The number of rotatable bonds is 3. The molecule has 15 heavy (non-hydrogen) atoms. The molecule has 82 valence electrons. The van der Waals surface area contributed by atoms with Crippen LogP contribution in [0.2, 0.25) is 0 Å². The highest BCUT2D eigenvalue weighted by atomic mass is 14.9. The fraction of sp³-hybridized carbons (Fsp3) is 0.667. The number of nitrogens with zero attached hydrogens (tertiary/aromatic N) is 2. The van der Waals surface area contributed by atoms with Crippen molar-refractivity contribution in [3.8, 4) is 0 Å². The van der Waals surface area contributed by atoms with E-state index in [1.54, 1.807) is 0 Å². The predicted octanol–water partition coefficient (Wildman–Crippen LogP) is 1.51. The summed E-state index contributed by atoms with van der Waals surface area (Å²) in [5, 5.41) is 3.13. The molecule has 0 radical (unpaired) electrons. The first kappa shape index (κ1) is 10.6. The summed E-state index contributed by atoms with van der Waals surface area (Å²) in [6, 6.07) is 0. The van der Waals surface area contributed by atoms with Gasteiger partial charge in [0.05, 0.1) is 0 Å². The molecule has 0 aliphatic heterocycles. The van der Waals surface area contributed by atoms with E-state index in [0.717, 1.165) is 25.2 Å². The topological polar surface area (TPSA) is 37.8 Å². The van der Waals surface area contributed by atoms with Crippen molar-refractivity contribution in [2.45, 2.75) is 38.5 Å². The van der Waals surface area contributed by atoms with E-state index >= 15 is 0 Å². The minimum atomic E-state index is 0.934. The van der Waals surface area contributed by atoms with Crippen LogP contribution in [0.1, 0.15) is 36.3 Å². The largest absolute Gasteiger partial charge is 0.319 e. The summed E-state index contributed by atoms with van der Waals surface area (Å²) in [7, 11) is 1.96. The Labute approximate surface area is 91.3 Å². The Morgan fingerprint density at radius 1 is 1.27 bits per heavy atom. The molecule has 0 bridgehead atoms. The molecule has 0 fully saturated rings. The second-order valence-electron chi connectivity index (χ2n) is 4.17. The number of nitrogens with one attached hydrogen (secondary N) is 1. The van der Waals surface area contributed by atoms with Gasteiger partial charge in [-0.25, -0.2) is 9.97 Å². The molecule has 1 heterocycles. The Hall–Kier alpha value is -0.960. The molecule has 0 spiro atoms. The van der Waals surface area contributed by atoms with Crippen molar-refractivity contribution >= 4 is 0 Å². The van der Waals surface area contributed by atoms with Crippen molar-refractivity contribution < 1.29 is 0 Å². The molecule has 0 aromatic carbocycles. The maximum atomic E-state index is 4.66. The van der Waals surface area contributed by atoms with E-state index in [2.05, 4.69) is 15.3 Å². The fourth-order valence-corrected chi connectivity index (χ4v) is 2.05. The zero-order valence-electron chi connectivity index (χ0n) is 9.42. The zero-order chi connectivity index (χ0) is 10.5. The monoisotopic (exact) mass is 205 g/mol. The third-order valence-corrected chi connectivity index (χ3v) is 2.96.